The number of ether oxygens (including phenoxy) is 1. The first kappa shape index (κ1) is 52.5. The number of nitrogens with one attached hydrogen (secondary N) is 5. The predicted molar refractivity (Wildman–Crippen MR) is 291 cm³/mol. The van der Waals surface area contributed by atoms with Crippen LogP contribution in [0.4, 0.5) is 38.9 Å². The number of carbonyl (C=O) groups is 3. The van der Waals surface area contributed by atoms with Crippen LogP contribution in [0.2, 0.25) is 0 Å². The molecule has 18 nitrogen and oxygen atoms in total. The summed E-state index contributed by atoms with van der Waals surface area (Å²) in [6, 6.07) is 13.7. The maximum Gasteiger partial charge on any atom is 0.420 e. The number of rotatable bonds is 17. The van der Waals surface area contributed by atoms with Gasteiger partial charge >= 0.3 is 5.76 Å². The molecule has 21 heteroatoms. The summed E-state index contributed by atoms with van der Waals surface area (Å²) in [5, 5.41) is 17.4. The summed E-state index contributed by atoms with van der Waals surface area (Å²) >= 11 is 3.62. The number of fused-ring (bicyclic) bond motifs is 2. The Bertz CT molecular complexity index is 3260. The Hall–Kier alpha value is -6.37. The largest absolute Gasteiger partial charge is 0.492 e. The van der Waals surface area contributed by atoms with Gasteiger partial charge < -0.3 is 44.8 Å². The molecule has 9 rings (SSSR count). The molecule has 6 heterocycles. The number of hydrogen-bond acceptors (Lipinski definition) is 15. The molecule has 3 saturated heterocycles. The van der Waals surface area contributed by atoms with Crippen molar-refractivity contribution in [3.8, 4) is 5.75 Å². The Morgan fingerprint density at radius 1 is 0.946 bits per heavy atom. The van der Waals surface area contributed by atoms with Gasteiger partial charge in [-0.3, -0.25) is 29.3 Å². The molecule has 74 heavy (non-hydrogen) atoms. The average Bonchev–Trinajstić information content (AvgIpc) is 3.87. The molecule has 0 aliphatic carbocycles. The van der Waals surface area contributed by atoms with Crippen LogP contribution >= 0.6 is 23.1 Å². The van der Waals surface area contributed by atoms with Gasteiger partial charge in [0, 0.05) is 98.2 Å². The molecule has 1 unspecified atom stereocenters. The van der Waals surface area contributed by atoms with Gasteiger partial charge in [-0.15, -0.1) is 0 Å². The number of aromatic nitrogens is 4. The summed E-state index contributed by atoms with van der Waals surface area (Å²) in [5.41, 5.74) is 5.53. The van der Waals surface area contributed by atoms with Crippen molar-refractivity contribution in [1.29, 1.82) is 0 Å². The van der Waals surface area contributed by atoms with Crippen molar-refractivity contribution >= 4 is 103 Å². The Morgan fingerprint density at radius 3 is 2.45 bits per heavy atom. The molecule has 6 aromatic rings. The van der Waals surface area contributed by atoms with Crippen molar-refractivity contribution in [3.63, 3.8) is 0 Å². The van der Waals surface area contributed by atoms with Crippen LogP contribution in [0.1, 0.15) is 77.6 Å². The van der Waals surface area contributed by atoms with E-state index in [-0.39, 0.29) is 42.4 Å². The van der Waals surface area contributed by atoms with Crippen LogP contribution in [0, 0.1) is 17.2 Å². The van der Waals surface area contributed by atoms with E-state index in [9.17, 15) is 23.7 Å². The quantitative estimate of drug-likeness (QED) is 0.0333. The Kier molecular flexibility index (Phi) is 15.2. The zero-order chi connectivity index (χ0) is 52.6. The number of piperidine rings is 2. The zero-order valence-corrected chi connectivity index (χ0v) is 45.3. The number of hydrogen-bond donors (Lipinski definition) is 5. The zero-order valence-electron chi connectivity index (χ0n) is 42.9. The van der Waals surface area contributed by atoms with Gasteiger partial charge in [0.2, 0.25) is 23.7 Å². The minimum absolute atomic E-state index is 0.0432. The lowest BCUT2D eigenvalue weighted by atomic mass is 9.81. The highest BCUT2D eigenvalue weighted by molar-refractivity contribution is 9.10. The standard InChI is InChI=1S/C53H64BrFN11O7P/c1-8-30-23-39(61-51-58-27-36(54)48(63-51)60-38-14-13-37-34(47(38)74(6,7)71)12-11-32(9-2)59-37)44(72-10-3)26-41(30)64-21-17-33(18-22-64)56-19-20-57-49(68)35-28-65(29-53(35,4)5)42-24-31(55)25-43-46(42)73-52(70)66(43)40-15-16-45(67)62-50(40)69/h11-14,23-27,33,35,40,56H,8-10,15-22,28-29H2,1-7H3,(H,57,68)(H,62,67,69)(H2,58,60,61,63)/t35-,40?/m1/s1. The first-order valence-electron chi connectivity index (χ1n) is 25.4. The molecule has 0 radical (unpaired) electrons. The number of oxazole rings is 1. The van der Waals surface area contributed by atoms with Crippen LogP contribution < -0.4 is 52.2 Å². The molecule has 0 bridgehead atoms. The first-order chi connectivity index (χ1) is 35.3. The highest BCUT2D eigenvalue weighted by Crippen LogP contribution is 2.44. The Balaban J connectivity index is 0.806. The van der Waals surface area contributed by atoms with Crippen molar-refractivity contribution < 1.29 is 32.5 Å². The second kappa shape index (κ2) is 21.5. The number of carbonyl (C=O) groups excluding carboxylic acids is 3. The summed E-state index contributed by atoms with van der Waals surface area (Å²) in [6.07, 6.45) is 5.21. The number of amides is 3. The van der Waals surface area contributed by atoms with E-state index in [1.165, 1.54) is 6.07 Å². The number of aryl methyl sites for hydroxylation is 2. The molecule has 3 aliphatic rings. The lowest BCUT2D eigenvalue weighted by Crippen LogP contribution is -2.46. The third kappa shape index (κ3) is 10.9. The van der Waals surface area contributed by atoms with Crippen LogP contribution in [-0.4, -0.2) is 102 Å². The molecule has 392 valence electrons. The molecule has 0 spiro atoms. The fourth-order valence-corrected chi connectivity index (χ4v) is 12.4. The van der Waals surface area contributed by atoms with E-state index in [2.05, 4.69) is 78.4 Å². The van der Waals surface area contributed by atoms with Crippen molar-refractivity contribution in [1.82, 2.24) is 35.5 Å². The van der Waals surface area contributed by atoms with Crippen molar-refractivity contribution in [2.24, 2.45) is 11.3 Å². The molecule has 5 N–H and O–H groups in total. The molecular weight excluding hydrogens is 1030 g/mol. The Morgan fingerprint density at radius 2 is 1.73 bits per heavy atom. The highest BCUT2D eigenvalue weighted by atomic mass is 79.9. The molecule has 3 aliphatic heterocycles. The third-order valence-corrected chi connectivity index (χ3v) is 16.5. The van der Waals surface area contributed by atoms with E-state index >= 15 is 4.39 Å². The highest BCUT2D eigenvalue weighted by Gasteiger charge is 2.45. The number of halogens is 2. The van der Waals surface area contributed by atoms with E-state index in [1.54, 1.807) is 19.5 Å². The minimum Gasteiger partial charge on any atom is -0.492 e. The predicted octanol–water partition coefficient (Wildman–Crippen LogP) is 7.91. The van der Waals surface area contributed by atoms with Gasteiger partial charge in [-0.2, -0.15) is 4.98 Å². The molecule has 3 aromatic heterocycles. The van der Waals surface area contributed by atoms with Crippen molar-refractivity contribution in [3.05, 3.63) is 86.8 Å². The second-order valence-corrected chi connectivity index (χ2v) is 24.3. The van der Waals surface area contributed by atoms with Crippen LogP contribution in [0.15, 0.2) is 68.4 Å². The van der Waals surface area contributed by atoms with E-state index < -0.39 is 47.9 Å². The SMILES string of the molecule is CCOc1cc(N2CCC(NCCNC(=O)[C@H]3CN(c4cc(F)cc5c4oc(=O)n5C4CCC(=O)NC4=O)CC3(C)C)CC2)c(CC)cc1Nc1ncc(Br)c(Nc2ccc3nc(CC)ccc3c2P(C)(C)=O)n1. The maximum absolute atomic E-state index is 15.2. The lowest BCUT2D eigenvalue weighted by Gasteiger charge is -2.35. The normalized spacial score (nSPS) is 18.3. The molecule has 3 aromatic carbocycles. The summed E-state index contributed by atoms with van der Waals surface area (Å²) in [6.45, 7) is 17.4. The van der Waals surface area contributed by atoms with Crippen LogP contribution in [-0.2, 0) is 31.8 Å². The van der Waals surface area contributed by atoms with E-state index in [1.807, 2.05) is 49.9 Å². The van der Waals surface area contributed by atoms with Gasteiger partial charge in [0.1, 0.15) is 30.6 Å². The monoisotopic (exact) mass is 1100 g/mol. The fourth-order valence-electron chi connectivity index (χ4n) is 10.6. The number of imide groups is 1. The second-order valence-electron chi connectivity index (χ2n) is 20.3. The van der Waals surface area contributed by atoms with Crippen molar-refractivity contribution in [2.75, 3.05) is 79.6 Å². The summed E-state index contributed by atoms with van der Waals surface area (Å²) in [4.78, 5) is 69.8. The summed E-state index contributed by atoms with van der Waals surface area (Å²) in [7, 11) is -2.77. The molecule has 3 amide bonds. The average molecular weight is 1100 g/mol. The van der Waals surface area contributed by atoms with E-state index in [0.717, 1.165) is 82.9 Å². The number of nitrogens with zero attached hydrogens (tertiary/aromatic N) is 6. The van der Waals surface area contributed by atoms with E-state index in [4.69, 9.17) is 19.1 Å². The first-order valence-corrected chi connectivity index (χ1v) is 28.8. The number of benzene rings is 3. The topological polar surface area (TPSA) is 218 Å². The Labute approximate surface area is 437 Å². The molecule has 2 atom stereocenters. The lowest BCUT2D eigenvalue weighted by molar-refractivity contribution is -0.135. The molecule has 0 saturated carbocycles. The van der Waals surface area contributed by atoms with Gasteiger partial charge in [-0.1, -0.05) is 33.8 Å². The van der Waals surface area contributed by atoms with Gasteiger partial charge in [-0.25, -0.2) is 14.2 Å². The summed E-state index contributed by atoms with van der Waals surface area (Å²) in [5.74, 6) is -1.53. The van der Waals surface area contributed by atoms with Gasteiger partial charge in [0.05, 0.1) is 45.1 Å². The van der Waals surface area contributed by atoms with Crippen LogP contribution in [0.5, 0.6) is 5.75 Å². The maximum atomic E-state index is 15.2. The van der Waals surface area contributed by atoms with Crippen molar-refractivity contribution in [2.45, 2.75) is 85.2 Å². The fraction of sp³-hybridized carbons (Fsp3) is 0.453. The van der Waals surface area contributed by atoms with E-state index in [0.29, 0.717) is 64.9 Å². The number of pyridine rings is 1. The molecular formula is C53H64BrFN11O7P. The number of anilines is 6. The third-order valence-electron chi connectivity index (χ3n) is 14.4. The smallest absolute Gasteiger partial charge is 0.420 e. The summed E-state index contributed by atoms with van der Waals surface area (Å²) < 4.78 is 42.6. The van der Waals surface area contributed by atoms with Gasteiger partial charge in [-0.05, 0) is 104 Å². The van der Waals surface area contributed by atoms with Gasteiger partial charge in [0.15, 0.2) is 5.58 Å². The molecule has 3 fully saturated rings. The van der Waals surface area contributed by atoms with Crippen LogP contribution in [0.25, 0.3) is 22.0 Å². The minimum atomic E-state index is -2.77. The van der Waals surface area contributed by atoms with Gasteiger partial charge in [0.25, 0.3) is 0 Å². The van der Waals surface area contributed by atoms with Crippen LogP contribution in [0.3, 0.4) is 0 Å².